The van der Waals surface area contributed by atoms with Crippen LogP contribution in [-0.2, 0) is 41.6 Å². The molecule has 1 aliphatic heterocycles. The lowest BCUT2D eigenvalue weighted by atomic mass is 9.84. The van der Waals surface area contributed by atoms with E-state index in [1.807, 2.05) is 13.8 Å². The Hall–Kier alpha value is -4.94. The normalized spacial score (nSPS) is 16.5. The van der Waals surface area contributed by atoms with Gasteiger partial charge in [0.05, 0.1) is 33.8 Å². The number of oxime groups is 1. The number of ketones is 1. The summed E-state index contributed by atoms with van der Waals surface area (Å²) >= 11 is 12.1. The number of carboxylic acids is 1. The third kappa shape index (κ3) is 10.1. The van der Waals surface area contributed by atoms with Gasteiger partial charge in [-0.25, -0.2) is 4.79 Å². The SMILES string of the molecule is CC(C)[C@H](NC(=O)CCc1ccc(O)cc1)C1=NOC(Cc2ccccc2)(C(=O)N[C@@H](CC(=O)O)C(=O)COC(=O)c2c(Cl)cccc2Cl)C1. The molecule has 0 radical (unpaired) electrons. The minimum atomic E-state index is -1.71. The molecular formula is C36H37Cl2N3O9. The molecule has 1 unspecified atom stereocenters. The van der Waals surface area contributed by atoms with Crippen LogP contribution in [0.3, 0.4) is 0 Å². The van der Waals surface area contributed by atoms with Crippen molar-refractivity contribution in [1.82, 2.24) is 10.6 Å². The first-order chi connectivity index (χ1) is 23.8. The van der Waals surface area contributed by atoms with E-state index in [2.05, 4.69) is 15.8 Å². The van der Waals surface area contributed by atoms with Crippen LogP contribution in [0.25, 0.3) is 0 Å². The average molecular weight is 727 g/mol. The number of halogens is 2. The molecule has 4 N–H and O–H groups in total. The fourth-order valence-corrected chi connectivity index (χ4v) is 5.96. The maximum Gasteiger partial charge on any atom is 0.341 e. The molecule has 264 valence electrons. The first-order valence-electron chi connectivity index (χ1n) is 15.8. The summed E-state index contributed by atoms with van der Waals surface area (Å²) in [5, 5.41) is 28.8. The lowest BCUT2D eigenvalue weighted by Gasteiger charge is -2.29. The van der Waals surface area contributed by atoms with Crippen molar-refractivity contribution in [2.75, 3.05) is 6.61 Å². The van der Waals surface area contributed by atoms with Gasteiger partial charge in [-0.15, -0.1) is 0 Å². The molecule has 0 aliphatic carbocycles. The van der Waals surface area contributed by atoms with E-state index in [1.54, 1.807) is 54.6 Å². The summed E-state index contributed by atoms with van der Waals surface area (Å²) in [7, 11) is 0. The Balaban J connectivity index is 1.50. The monoisotopic (exact) mass is 725 g/mol. The van der Waals surface area contributed by atoms with Crippen LogP contribution < -0.4 is 10.6 Å². The van der Waals surface area contributed by atoms with Crippen LogP contribution in [0.2, 0.25) is 10.0 Å². The zero-order valence-corrected chi connectivity index (χ0v) is 28.9. The number of benzene rings is 3. The molecule has 3 atom stereocenters. The van der Waals surface area contributed by atoms with E-state index in [0.29, 0.717) is 17.7 Å². The summed E-state index contributed by atoms with van der Waals surface area (Å²) in [6.45, 7) is 2.88. The summed E-state index contributed by atoms with van der Waals surface area (Å²) in [6, 6.07) is 17.6. The summed E-state index contributed by atoms with van der Waals surface area (Å²) in [5.41, 5.74) is 0.0762. The Morgan fingerprint density at radius 1 is 0.920 bits per heavy atom. The smallest absolute Gasteiger partial charge is 0.341 e. The van der Waals surface area contributed by atoms with Gasteiger partial charge < -0.3 is 30.4 Å². The molecule has 1 aliphatic rings. The Morgan fingerprint density at radius 2 is 1.58 bits per heavy atom. The second-order valence-corrected chi connectivity index (χ2v) is 13.0. The number of nitrogens with one attached hydrogen (secondary N) is 2. The number of nitrogens with zero attached hydrogens (tertiary/aromatic N) is 1. The van der Waals surface area contributed by atoms with E-state index < -0.39 is 54.3 Å². The number of aromatic hydroxyl groups is 1. The summed E-state index contributed by atoms with van der Waals surface area (Å²) in [6.07, 6.45) is -0.303. The Bertz CT molecular complexity index is 1730. The maximum atomic E-state index is 14.1. The fourth-order valence-electron chi connectivity index (χ4n) is 5.41. The summed E-state index contributed by atoms with van der Waals surface area (Å²) in [4.78, 5) is 70.6. The van der Waals surface area contributed by atoms with Crippen LogP contribution in [0.1, 0.15) is 54.6 Å². The third-order valence-corrected chi connectivity index (χ3v) is 8.68. The van der Waals surface area contributed by atoms with Crippen LogP contribution in [0.15, 0.2) is 78.0 Å². The predicted octanol–water partition coefficient (Wildman–Crippen LogP) is 4.92. The zero-order chi connectivity index (χ0) is 36.4. The quantitative estimate of drug-likeness (QED) is 0.149. The number of amides is 2. The molecule has 0 saturated carbocycles. The number of aliphatic carboxylic acids is 1. The van der Waals surface area contributed by atoms with Gasteiger partial charge in [-0.1, -0.05) is 90.7 Å². The van der Waals surface area contributed by atoms with Gasteiger partial charge >= 0.3 is 11.9 Å². The number of hydrogen-bond acceptors (Lipinski definition) is 9. The number of aryl methyl sites for hydroxylation is 1. The highest BCUT2D eigenvalue weighted by molar-refractivity contribution is 6.39. The molecule has 14 heteroatoms. The Kier molecular flexibility index (Phi) is 13.0. The molecule has 0 fully saturated rings. The van der Waals surface area contributed by atoms with Crippen molar-refractivity contribution in [1.29, 1.82) is 0 Å². The van der Waals surface area contributed by atoms with Crippen molar-refractivity contribution >= 4 is 58.4 Å². The van der Waals surface area contributed by atoms with E-state index >= 15 is 0 Å². The standard InChI is InChI=1S/C36H37Cl2N3O9/c1-21(2)33(40-30(44)16-13-22-11-14-24(42)15-12-22)28-19-36(50-41-28,18-23-7-4-3-5-8-23)35(48)39-27(17-31(45)46)29(43)20-49-34(47)32-25(37)9-6-10-26(32)38/h3-12,14-15,21,27,33,42H,13,16-20H2,1-2H3,(H,39,48)(H,40,44)(H,45,46)/t27-,33-,36?/m0/s1. The topological polar surface area (TPSA) is 181 Å². The summed E-state index contributed by atoms with van der Waals surface area (Å²) < 4.78 is 5.10. The predicted molar refractivity (Wildman–Crippen MR) is 185 cm³/mol. The second kappa shape index (κ2) is 17.1. The number of esters is 1. The third-order valence-electron chi connectivity index (χ3n) is 8.06. The fraction of sp³-hybridized carbons (Fsp3) is 0.333. The van der Waals surface area contributed by atoms with Gasteiger partial charge in [0.15, 0.2) is 12.4 Å². The molecule has 3 aromatic carbocycles. The highest BCUT2D eigenvalue weighted by Gasteiger charge is 2.49. The number of phenols is 1. The van der Waals surface area contributed by atoms with E-state index in [0.717, 1.165) is 5.56 Å². The molecule has 0 aromatic heterocycles. The number of carbonyl (C=O) groups excluding carboxylic acids is 4. The molecule has 4 rings (SSSR count). The molecule has 0 spiro atoms. The van der Waals surface area contributed by atoms with Crippen LogP contribution >= 0.6 is 23.2 Å². The number of Topliss-reactive ketones (excluding diaryl/α,β-unsaturated/α-hetero) is 1. The van der Waals surface area contributed by atoms with Crippen molar-refractivity contribution in [3.63, 3.8) is 0 Å². The number of phenolic OH excluding ortho intramolecular Hbond substituents is 1. The van der Waals surface area contributed by atoms with Crippen molar-refractivity contribution < 1.29 is 43.8 Å². The van der Waals surface area contributed by atoms with Crippen molar-refractivity contribution in [3.8, 4) is 5.75 Å². The van der Waals surface area contributed by atoms with Crippen molar-refractivity contribution in [2.24, 2.45) is 11.1 Å². The number of carboxylic acid groups (broad SMARTS) is 1. The lowest BCUT2D eigenvalue weighted by Crippen LogP contribution is -2.55. The zero-order valence-electron chi connectivity index (χ0n) is 27.4. The van der Waals surface area contributed by atoms with Gasteiger partial charge in [-0.2, -0.15) is 0 Å². The highest BCUT2D eigenvalue weighted by Crippen LogP contribution is 2.32. The van der Waals surface area contributed by atoms with E-state index in [1.165, 1.54) is 18.2 Å². The minimum Gasteiger partial charge on any atom is -0.508 e. The van der Waals surface area contributed by atoms with Gasteiger partial charge in [0.2, 0.25) is 11.5 Å². The van der Waals surface area contributed by atoms with Gasteiger partial charge in [-0.3, -0.25) is 19.2 Å². The van der Waals surface area contributed by atoms with Crippen LogP contribution in [0.5, 0.6) is 5.75 Å². The average Bonchev–Trinajstić information content (AvgIpc) is 3.50. The largest absolute Gasteiger partial charge is 0.508 e. The first-order valence-corrected chi connectivity index (χ1v) is 16.6. The first kappa shape index (κ1) is 37.9. The number of hydrogen-bond donors (Lipinski definition) is 4. The minimum absolute atomic E-state index is 0.000259. The number of rotatable bonds is 16. The van der Waals surface area contributed by atoms with E-state index in [-0.39, 0.29) is 52.4 Å². The molecular weight excluding hydrogens is 689 g/mol. The van der Waals surface area contributed by atoms with Gasteiger partial charge in [0.25, 0.3) is 5.91 Å². The highest BCUT2D eigenvalue weighted by atomic mass is 35.5. The maximum absolute atomic E-state index is 14.1. The number of ether oxygens (including phenoxy) is 1. The van der Waals surface area contributed by atoms with Gasteiger partial charge in [-0.05, 0) is 47.7 Å². The molecule has 12 nitrogen and oxygen atoms in total. The molecule has 0 bridgehead atoms. The van der Waals surface area contributed by atoms with Crippen LogP contribution in [0, 0.1) is 5.92 Å². The molecule has 1 heterocycles. The van der Waals surface area contributed by atoms with Gasteiger partial charge in [0.1, 0.15) is 11.8 Å². The molecule has 2 amide bonds. The Labute approximate surface area is 298 Å². The molecule has 3 aromatic rings. The molecule has 0 saturated heterocycles. The van der Waals surface area contributed by atoms with E-state index in [4.69, 9.17) is 32.8 Å². The van der Waals surface area contributed by atoms with Gasteiger partial charge in [0, 0.05) is 19.3 Å². The Morgan fingerprint density at radius 3 is 2.20 bits per heavy atom. The van der Waals surface area contributed by atoms with Crippen molar-refractivity contribution in [2.45, 2.75) is 63.6 Å². The van der Waals surface area contributed by atoms with Crippen molar-refractivity contribution in [3.05, 3.63) is 99.5 Å². The van der Waals surface area contributed by atoms with Crippen LogP contribution in [-0.4, -0.2) is 69.8 Å². The summed E-state index contributed by atoms with van der Waals surface area (Å²) in [5.74, 6) is -4.40. The molecule has 50 heavy (non-hydrogen) atoms. The lowest BCUT2D eigenvalue weighted by molar-refractivity contribution is -0.148. The number of carbonyl (C=O) groups is 5. The second-order valence-electron chi connectivity index (χ2n) is 12.2. The van der Waals surface area contributed by atoms with Crippen LogP contribution in [0.4, 0.5) is 0 Å². The van der Waals surface area contributed by atoms with E-state index in [9.17, 15) is 34.2 Å².